The van der Waals surface area contributed by atoms with E-state index in [2.05, 4.69) is 36.7 Å². The topological polar surface area (TPSA) is 53.2 Å². The Bertz CT molecular complexity index is 262. The normalized spacial score (nSPS) is 23.1. The summed E-state index contributed by atoms with van der Waals surface area (Å²) >= 11 is 0. The molecule has 1 heterocycles. The number of carbonyl (C=O) groups is 1. The number of carbonyl (C=O) groups excluding carboxylic acids is 1. The van der Waals surface area contributed by atoms with Crippen molar-refractivity contribution in [2.24, 2.45) is 5.92 Å². The average Bonchev–Trinajstić information content (AvgIpc) is 2.36. The van der Waals surface area contributed by atoms with Crippen molar-refractivity contribution < 1.29 is 4.79 Å². The number of hydrogen-bond acceptors (Lipinski definition) is 3. The van der Waals surface area contributed by atoms with E-state index in [1.54, 1.807) is 0 Å². The van der Waals surface area contributed by atoms with Crippen molar-refractivity contribution in [1.82, 2.24) is 16.0 Å². The van der Waals surface area contributed by atoms with E-state index in [9.17, 15) is 4.79 Å². The molecule has 0 aromatic rings. The van der Waals surface area contributed by atoms with E-state index in [-0.39, 0.29) is 11.9 Å². The molecule has 0 spiro atoms. The molecule has 1 amide bonds. The Hall–Kier alpha value is -0.610. The lowest BCUT2D eigenvalue weighted by Crippen LogP contribution is -2.48. The van der Waals surface area contributed by atoms with E-state index in [0.29, 0.717) is 18.0 Å². The van der Waals surface area contributed by atoms with Crippen molar-refractivity contribution in [2.45, 2.75) is 71.5 Å². The molecule has 112 valence electrons. The molecule has 0 saturated carbocycles. The van der Waals surface area contributed by atoms with E-state index in [1.807, 2.05) is 6.92 Å². The average molecular weight is 269 g/mol. The molecule has 4 nitrogen and oxygen atoms in total. The third kappa shape index (κ3) is 6.92. The second-order valence-corrected chi connectivity index (χ2v) is 6.31. The summed E-state index contributed by atoms with van der Waals surface area (Å²) in [6.07, 6.45) is 4.99. The van der Waals surface area contributed by atoms with Crippen LogP contribution in [0.25, 0.3) is 0 Å². The molecule has 1 aliphatic rings. The summed E-state index contributed by atoms with van der Waals surface area (Å²) in [5.74, 6) is 0.608. The first-order chi connectivity index (χ1) is 8.99. The van der Waals surface area contributed by atoms with E-state index in [0.717, 1.165) is 19.5 Å². The molecule has 4 heteroatoms. The molecule has 0 radical (unpaired) electrons. The molecule has 0 aromatic carbocycles. The summed E-state index contributed by atoms with van der Waals surface area (Å²) in [4.78, 5) is 11.9. The van der Waals surface area contributed by atoms with Crippen LogP contribution in [-0.2, 0) is 4.79 Å². The first-order valence-electron chi connectivity index (χ1n) is 7.76. The van der Waals surface area contributed by atoms with Gasteiger partial charge in [0.05, 0.1) is 6.04 Å². The maximum absolute atomic E-state index is 11.9. The Labute approximate surface area is 118 Å². The predicted molar refractivity (Wildman–Crippen MR) is 80.2 cm³/mol. The summed E-state index contributed by atoms with van der Waals surface area (Å²) in [6, 6.07) is 0.870. The molecule has 0 bridgehead atoms. The number of nitrogens with one attached hydrogen (secondary N) is 3. The third-order valence-electron chi connectivity index (χ3n) is 3.66. The van der Waals surface area contributed by atoms with Gasteiger partial charge in [-0.2, -0.15) is 0 Å². The SMILES string of the molecule is CC(C)CNC(=O)C(C)NC(C)CC1CCCCN1. The summed E-state index contributed by atoms with van der Waals surface area (Å²) < 4.78 is 0. The summed E-state index contributed by atoms with van der Waals surface area (Å²) in [7, 11) is 0. The van der Waals surface area contributed by atoms with Crippen molar-refractivity contribution in [3.63, 3.8) is 0 Å². The van der Waals surface area contributed by atoms with Crippen molar-refractivity contribution >= 4 is 5.91 Å². The summed E-state index contributed by atoms with van der Waals surface area (Å²) in [5.41, 5.74) is 0. The molecule has 19 heavy (non-hydrogen) atoms. The summed E-state index contributed by atoms with van der Waals surface area (Å²) in [5, 5.41) is 9.92. The van der Waals surface area contributed by atoms with Crippen LogP contribution in [0.3, 0.4) is 0 Å². The zero-order valence-corrected chi connectivity index (χ0v) is 13.0. The summed E-state index contributed by atoms with van der Waals surface area (Å²) in [6.45, 7) is 10.2. The Morgan fingerprint density at radius 2 is 2.00 bits per heavy atom. The van der Waals surface area contributed by atoms with Gasteiger partial charge < -0.3 is 16.0 Å². The number of rotatable bonds is 7. The van der Waals surface area contributed by atoms with Gasteiger partial charge in [-0.3, -0.25) is 4.79 Å². The highest BCUT2D eigenvalue weighted by molar-refractivity contribution is 5.81. The fraction of sp³-hybridized carbons (Fsp3) is 0.933. The van der Waals surface area contributed by atoms with Gasteiger partial charge >= 0.3 is 0 Å². The van der Waals surface area contributed by atoms with Gasteiger partial charge in [-0.1, -0.05) is 20.3 Å². The lowest BCUT2D eigenvalue weighted by molar-refractivity contribution is -0.123. The molecule has 0 aliphatic carbocycles. The number of piperidine rings is 1. The van der Waals surface area contributed by atoms with Gasteiger partial charge in [0.25, 0.3) is 0 Å². The molecule has 3 N–H and O–H groups in total. The number of hydrogen-bond donors (Lipinski definition) is 3. The van der Waals surface area contributed by atoms with Crippen LogP contribution in [0, 0.1) is 5.92 Å². The number of amides is 1. The van der Waals surface area contributed by atoms with Gasteiger partial charge in [0.1, 0.15) is 0 Å². The molecule has 3 atom stereocenters. The van der Waals surface area contributed by atoms with Crippen molar-refractivity contribution in [2.75, 3.05) is 13.1 Å². The van der Waals surface area contributed by atoms with E-state index >= 15 is 0 Å². The Kier molecular flexibility index (Phi) is 7.39. The first-order valence-corrected chi connectivity index (χ1v) is 7.76. The minimum Gasteiger partial charge on any atom is -0.354 e. The highest BCUT2D eigenvalue weighted by atomic mass is 16.2. The lowest BCUT2D eigenvalue weighted by atomic mass is 9.98. The smallest absolute Gasteiger partial charge is 0.236 e. The van der Waals surface area contributed by atoms with Crippen molar-refractivity contribution in [3.05, 3.63) is 0 Å². The quantitative estimate of drug-likeness (QED) is 0.659. The van der Waals surface area contributed by atoms with Crippen LogP contribution in [0.5, 0.6) is 0 Å². The molecule has 1 rings (SSSR count). The molecule has 1 saturated heterocycles. The Balaban J connectivity index is 2.22. The maximum atomic E-state index is 11.9. The molecule has 1 aliphatic heterocycles. The van der Waals surface area contributed by atoms with Gasteiger partial charge in [0.15, 0.2) is 0 Å². The monoisotopic (exact) mass is 269 g/mol. The zero-order chi connectivity index (χ0) is 14.3. The Morgan fingerprint density at radius 1 is 1.26 bits per heavy atom. The van der Waals surface area contributed by atoms with Gasteiger partial charge in [-0.15, -0.1) is 0 Å². The fourth-order valence-corrected chi connectivity index (χ4v) is 2.58. The zero-order valence-electron chi connectivity index (χ0n) is 13.0. The molecule has 1 fully saturated rings. The maximum Gasteiger partial charge on any atom is 0.236 e. The van der Waals surface area contributed by atoms with Crippen LogP contribution in [-0.4, -0.2) is 37.1 Å². The third-order valence-corrected chi connectivity index (χ3v) is 3.66. The standard InChI is InChI=1S/C15H31N3O/c1-11(2)10-17-15(19)13(4)18-12(3)9-14-7-5-6-8-16-14/h11-14,16,18H,5-10H2,1-4H3,(H,17,19). The second kappa shape index (κ2) is 8.54. The van der Waals surface area contributed by atoms with Crippen LogP contribution in [0.1, 0.15) is 53.4 Å². The van der Waals surface area contributed by atoms with Crippen LogP contribution in [0.2, 0.25) is 0 Å². The van der Waals surface area contributed by atoms with Gasteiger partial charge in [0.2, 0.25) is 5.91 Å². The largest absolute Gasteiger partial charge is 0.354 e. The fourth-order valence-electron chi connectivity index (χ4n) is 2.58. The highest BCUT2D eigenvalue weighted by Crippen LogP contribution is 2.12. The first kappa shape index (κ1) is 16.4. The van der Waals surface area contributed by atoms with Gasteiger partial charge in [0, 0.05) is 18.6 Å². The van der Waals surface area contributed by atoms with Gasteiger partial charge in [-0.05, 0) is 45.6 Å². The lowest BCUT2D eigenvalue weighted by Gasteiger charge is -2.28. The predicted octanol–water partition coefficient (Wildman–Crippen LogP) is 1.66. The highest BCUT2D eigenvalue weighted by Gasteiger charge is 2.19. The second-order valence-electron chi connectivity index (χ2n) is 6.31. The molecule has 0 aromatic heterocycles. The molecular formula is C15H31N3O. The minimum atomic E-state index is -0.114. The Morgan fingerprint density at radius 3 is 2.58 bits per heavy atom. The van der Waals surface area contributed by atoms with Crippen molar-refractivity contribution in [1.29, 1.82) is 0 Å². The van der Waals surface area contributed by atoms with Crippen LogP contribution >= 0.6 is 0 Å². The van der Waals surface area contributed by atoms with Crippen LogP contribution in [0.4, 0.5) is 0 Å². The van der Waals surface area contributed by atoms with E-state index in [1.165, 1.54) is 19.3 Å². The van der Waals surface area contributed by atoms with Crippen LogP contribution < -0.4 is 16.0 Å². The van der Waals surface area contributed by atoms with Crippen molar-refractivity contribution in [3.8, 4) is 0 Å². The minimum absolute atomic E-state index is 0.108. The van der Waals surface area contributed by atoms with E-state index < -0.39 is 0 Å². The van der Waals surface area contributed by atoms with Gasteiger partial charge in [-0.25, -0.2) is 0 Å². The van der Waals surface area contributed by atoms with E-state index in [4.69, 9.17) is 0 Å². The molecular weight excluding hydrogens is 238 g/mol. The molecule has 3 unspecified atom stereocenters. The van der Waals surface area contributed by atoms with Crippen LogP contribution in [0.15, 0.2) is 0 Å².